The molecule has 6 nitrogen and oxygen atoms in total. The molecule has 2 aromatic rings. The number of carbonyl (C=O) groups is 2. The van der Waals surface area contributed by atoms with E-state index in [0.717, 1.165) is 15.4 Å². The Bertz CT molecular complexity index is 733. The second-order valence-electron chi connectivity index (χ2n) is 5.54. The molecule has 0 radical (unpaired) electrons. The summed E-state index contributed by atoms with van der Waals surface area (Å²) in [6.45, 7) is 3.55. The number of para-hydroxylation sites is 1. The van der Waals surface area contributed by atoms with Crippen LogP contribution in [0.3, 0.4) is 0 Å². The molecule has 0 spiro atoms. The highest BCUT2D eigenvalue weighted by molar-refractivity contribution is 9.10. The molecule has 2 amide bonds. The zero-order valence-electron chi connectivity index (χ0n) is 13.0. The van der Waals surface area contributed by atoms with Gasteiger partial charge in [-0.25, -0.2) is 4.98 Å². The number of anilines is 1. The summed E-state index contributed by atoms with van der Waals surface area (Å²) in [6.07, 6.45) is 0. The summed E-state index contributed by atoms with van der Waals surface area (Å²) in [5.74, 6) is -0.257. The number of pyridine rings is 1. The largest absolute Gasteiger partial charge is 0.346 e. The molecule has 1 atom stereocenters. The first-order valence-electron chi connectivity index (χ1n) is 7.27. The Morgan fingerprint density at radius 1 is 1.26 bits per heavy atom. The fourth-order valence-corrected chi connectivity index (χ4v) is 2.43. The first-order valence-corrected chi connectivity index (χ1v) is 8.06. The summed E-state index contributed by atoms with van der Waals surface area (Å²) in [7, 11) is 0. The highest BCUT2D eigenvalue weighted by atomic mass is 79.9. The van der Waals surface area contributed by atoms with Crippen LogP contribution >= 0.6 is 15.9 Å². The number of aromatic nitrogens is 1. The number of amides is 2. The Balaban J connectivity index is 1.98. The Morgan fingerprint density at radius 2 is 2.00 bits per heavy atom. The van der Waals surface area contributed by atoms with Gasteiger partial charge in [-0.05, 0) is 40.0 Å². The van der Waals surface area contributed by atoms with Crippen molar-refractivity contribution in [2.75, 3.05) is 11.9 Å². The predicted octanol–water partition coefficient (Wildman–Crippen LogP) is 2.04. The zero-order valence-corrected chi connectivity index (χ0v) is 14.6. The van der Waals surface area contributed by atoms with E-state index >= 15 is 0 Å². The van der Waals surface area contributed by atoms with E-state index in [4.69, 9.17) is 5.73 Å². The fraction of sp³-hybridized carbons (Fsp3) is 0.312. The molecule has 1 aromatic heterocycles. The van der Waals surface area contributed by atoms with Crippen LogP contribution in [0.1, 0.15) is 13.8 Å². The smallest absolute Gasteiger partial charge is 0.244 e. The van der Waals surface area contributed by atoms with Crippen LogP contribution in [-0.4, -0.2) is 29.4 Å². The van der Waals surface area contributed by atoms with E-state index < -0.39 is 6.04 Å². The van der Waals surface area contributed by atoms with Gasteiger partial charge < -0.3 is 16.4 Å². The fourth-order valence-electron chi connectivity index (χ4n) is 1.96. The number of benzene rings is 1. The summed E-state index contributed by atoms with van der Waals surface area (Å²) in [5, 5.41) is 6.14. The molecule has 4 N–H and O–H groups in total. The second kappa shape index (κ2) is 7.52. The molecule has 7 heteroatoms. The van der Waals surface area contributed by atoms with Crippen LogP contribution in [0.15, 0.2) is 34.8 Å². The van der Waals surface area contributed by atoms with Crippen LogP contribution in [-0.2, 0) is 9.59 Å². The topological polar surface area (TPSA) is 97.1 Å². The number of fused-ring (bicyclic) bond motifs is 1. The summed E-state index contributed by atoms with van der Waals surface area (Å²) >= 11 is 3.43. The zero-order chi connectivity index (χ0) is 17.0. The minimum absolute atomic E-state index is 0.0116. The number of hydrogen-bond acceptors (Lipinski definition) is 4. The van der Waals surface area contributed by atoms with Crippen molar-refractivity contribution in [3.8, 4) is 0 Å². The summed E-state index contributed by atoms with van der Waals surface area (Å²) in [4.78, 5) is 28.0. The third kappa shape index (κ3) is 4.49. The summed E-state index contributed by atoms with van der Waals surface area (Å²) in [6, 6.07) is 8.70. The minimum Gasteiger partial charge on any atom is -0.346 e. The number of nitrogens with zero attached hydrogens (tertiary/aromatic N) is 1. The van der Waals surface area contributed by atoms with E-state index in [2.05, 4.69) is 31.5 Å². The molecule has 0 saturated carbocycles. The number of hydrogen-bond donors (Lipinski definition) is 3. The highest BCUT2D eigenvalue weighted by Gasteiger charge is 2.17. The maximum Gasteiger partial charge on any atom is 0.244 e. The van der Waals surface area contributed by atoms with Gasteiger partial charge >= 0.3 is 0 Å². The third-order valence-electron chi connectivity index (χ3n) is 3.38. The van der Waals surface area contributed by atoms with Gasteiger partial charge in [-0.3, -0.25) is 9.59 Å². The molecule has 0 aliphatic carbocycles. The number of nitrogens with one attached hydrogen (secondary N) is 2. The summed E-state index contributed by atoms with van der Waals surface area (Å²) < 4.78 is 0.849. The lowest BCUT2D eigenvalue weighted by Crippen LogP contribution is -2.46. The van der Waals surface area contributed by atoms with Gasteiger partial charge in [0.1, 0.15) is 5.82 Å². The molecule has 0 aliphatic heterocycles. The van der Waals surface area contributed by atoms with E-state index in [-0.39, 0.29) is 24.3 Å². The van der Waals surface area contributed by atoms with Crippen LogP contribution in [0.25, 0.3) is 10.9 Å². The molecule has 1 heterocycles. The number of carbonyl (C=O) groups excluding carboxylic acids is 2. The average molecular weight is 379 g/mol. The summed E-state index contributed by atoms with van der Waals surface area (Å²) in [5.41, 5.74) is 6.48. The van der Waals surface area contributed by atoms with E-state index in [1.54, 1.807) is 6.07 Å². The van der Waals surface area contributed by atoms with Gasteiger partial charge in [-0.1, -0.05) is 26.0 Å². The molecule has 0 fully saturated rings. The molecule has 0 bridgehead atoms. The van der Waals surface area contributed by atoms with E-state index in [9.17, 15) is 9.59 Å². The Labute approximate surface area is 143 Å². The highest BCUT2D eigenvalue weighted by Crippen LogP contribution is 2.23. The Kier molecular flexibility index (Phi) is 5.68. The van der Waals surface area contributed by atoms with Gasteiger partial charge in [-0.2, -0.15) is 0 Å². The molecule has 23 heavy (non-hydrogen) atoms. The normalized spacial score (nSPS) is 12.2. The number of rotatable bonds is 5. The molecule has 0 aliphatic rings. The van der Waals surface area contributed by atoms with Crippen LogP contribution in [0.5, 0.6) is 0 Å². The van der Waals surface area contributed by atoms with E-state index in [1.807, 2.05) is 38.1 Å². The lowest BCUT2D eigenvalue weighted by Gasteiger charge is -2.15. The van der Waals surface area contributed by atoms with Gasteiger partial charge in [0.2, 0.25) is 11.8 Å². The lowest BCUT2D eigenvalue weighted by molar-refractivity contribution is -0.125. The maximum atomic E-state index is 11.9. The van der Waals surface area contributed by atoms with Crippen molar-refractivity contribution in [3.05, 3.63) is 34.8 Å². The first-order chi connectivity index (χ1) is 10.9. The van der Waals surface area contributed by atoms with Crippen molar-refractivity contribution in [1.82, 2.24) is 10.3 Å². The standard InChI is InChI=1S/C16H19BrN4O2/c1-9(2)14(18)16(23)19-8-13(22)20-12-7-6-10-4-3-5-11(17)15(10)21-12/h3-7,9,14H,8,18H2,1-2H3,(H,19,23)(H,20,21,22)/t14-/m0/s1. The van der Waals surface area contributed by atoms with Crippen LogP contribution in [0, 0.1) is 5.92 Å². The Morgan fingerprint density at radius 3 is 2.70 bits per heavy atom. The van der Waals surface area contributed by atoms with Crippen molar-refractivity contribution in [2.45, 2.75) is 19.9 Å². The van der Waals surface area contributed by atoms with Gasteiger partial charge in [0.15, 0.2) is 0 Å². The monoisotopic (exact) mass is 378 g/mol. The molecule has 2 rings (SSSR count). The second-order valence-corrected chi connectivity index (χ2v) is 6.40. The quantitative estimate of drug-likeness (QED) is 0.741. The van der Waals surface area contributed by atoms with E-state index in [0.29, 0.717) is 5.82 Å². The maximum absolute atomic E-state index is 11.9. The van der Waals surface area contributed by atoms with Crippen molar-refractivity contribution >= 4 is 44.5 Å². The van der Waals surface area contributed by atoms with Crippen LogP contribution in [0.4, 0.5) is 5.82 Å². The number of nitrogens with two attached hydrogens (primary N) is 1. The van der Waals surface area contributed by atoms with Crippen molar-refractivity contribution < 1.29 is 9.59 Å². The lowest BCUT2D eigenvalue weighted by atomic mass is 10.1. The molecule has 0 saturated heterocycles. The minimum atomic E-state index is -0.627. The predicted molar refractivity (Wildman–Crippen MR) is 93.9 cm³/mol. The molecule has 0 unspecified atom stereocenters. The van der Waals surface area contributed by atoms with Crippen molar-refractivity contribution in [2.24, 2.45) is 11.7 Å². The van der Waals surface area contributed by atoms with Crippen LogP contribution < -0.4 is 16.4 Å². The van der Waals surface area contributed by atoms with E-state index in [1.165, 1.54) is 0 Å². The van der Waals surface area contributed by atoms with Gasteiger partial charge in [0, 0.05) is 9.86 Å². The third-order valence-corrected chi connectivity index (χ3v) is 4.02. The van der Waals surface area contributed by atoms with Crippen molar-refractivity contribution in [3.63, 3.8) is 0 Å². The van der Waals surface area contributed by atoms with Gasteiger partial charge in [0.05, 0.1) is 18.1 Å². The first kappa shape index (κ1) is 17.4. The SMILES string of the molecule is CC(C)[C@H](N)C(=O)NCC(=O)Nc1ccc2cccc(Br)c2n1. The molecular formula is C16H19BrN4O2. The molecule has 1 aromatic carbocycles. The van der Waals surface area contributed by atoms with Crippen molar-refractivity contribution in [1.29, 1.82) is 0 Å². The van der Waals surface area contributed by atoms with Gasteiger partial charge in [-0.15, -0.1) is 0 Å². The molecule has 122 valence electrons. The van der Waals surface area contributed by atoms with Crippen LogP contribution in [0.2, 0.25) is 0 Å². The molecular weight excluding hydrogens is 360 g/mol. The number of halogens is 1. The average Bonchev–Trinajstić information content (AvgIpc) is 2.52. The Hall–Kier alpha value is -1.99. The van der Waals surface area contributed by atoms with Gasteiger partial charge in [0.25, 0.3) is 0 Å².